The molecule has 69 heavy (non-hydrogen) atoms. The number of nitrogens with one attached hydrogen (secondary N) is 1. The van der Waals surface area contributed by atoms with Crippen LogP contribution in [-0.2, 0) is 35.1 Å². The number of allylic oxidation sites excluding steroid dienone is 3. The van der Waals surface area contributed by atoms with E-state index in [9.17, 15) is 24.0 Å². The SMILES string of the molecule is COC12C(COC(N)=O)C3=C(C(=O)C(C)=C(N)C3=O)N1CC1C2N1C(=O)OCc1ccc(SSCCNC(=O)OC2CCC3(C)C(=CCC4C3CCC3(C)C(C(C)CCCC(C)C)CCC43)C2)cc1. The largest absolute Gasteiger partial charge is 0.449 e. The third-order valence-electron chi connectivity index (χ3n) is 18.3. The summed E-state index contributed by atoms with van der Waals surface area (Å²) >= 11 is 0. The molecule has 1 aromatic rings. The lowest BCUT2D eigenvalue weighted by molar-refractivity contribution is -0.144. The molecule has 0 radical (unpaired) electrons. The lowest BCUT2D eigenvalue weighted by Crippen LogP contribution is -2.56. The predicted molar refractivity (Wildman–Crippen MR) is 265 cm³/mol. The standard InChI is InChI=1S/C53H73N5O9S2/c1-29(2)9-8-10-30(3)37-17-18-38-36-16-13-33-25-34(19-21-51(33,5)39(36)20-22-52(37,38)6)67-49(62)56-23-24-68-69-35-14-11-32(12-15-35)27-66-50(63)58-41-26-57-44-42(46(60)43(54)31(4)45(44)59)40(28-65-48(55)61)53(57,64-7)47(41)58/h11-15,29-30,34,36-41,47H,8-10,16-28,54H2,1-7H3,(H2,55,61)(H,56,62). The van der Waals surface area contributed by atoms with Crippen molar-refractivity contribution in [2.24, 2.45) is 63.7 Å². The van der Waals surface area contributed by atoms with Gasteiger partial charge in [-0.25, -0.2) is 14.4 Å². The Morgan fingerprint density at radius 1 is 0.971 bits per heavy atom. The molecule has 5 N–H and O–H groups in total. The van der Waals surface area contributed by atoms with E-state index in [1.807, 2.05) is 24.3 Å². The van der Waals surface area contributed by atoms with Crippen LogP contribution >= 0.6 is 21.6 Å². The van der Waals surface area contributed by atoms with Crippen molar-refractivity contribution in [2.45, 2.75) is 148 Å². The number of hydrogen-bond donors (Lipinski definition) is 3. The number of ether oxygens (including phenoxy) is 4. The van der Waals surface area contributed by atoms with Crippen LogP contribution in [0.4, 0.5) is 14.4 Å². The quantitative estimate of drug-likeness (QED) is 0.0355. The molecular formula is C53H73N5O9S2. The first-order valence-electron chi connectivity index (χ1n) is 25.5. The molecule has 0 aromatic heterocycles. The highest BCUT2D eigenvalue weighted by atomic mass is 33.1. The number of ketones is 2. The lowest BCUT2D eigenvalue weighted by atomic mass is 9.47. The molecule has 16 heteroatoms. The summed E-state index contributed by atoms with van der Waals surface area (Å²) in [5, 5.41) is 2.98. The van der Waals surface area contributed by atoms with Crippen molar-refractivity contribution in [3.05, 3.63) is 64.0 Å². The van der Waals surface area contributed by atoms with Crippen molar-refractivity contribution in [1.82, 2.24) is 15.1 Å². The molecular weight excluding hydrogens is 915 g/mol. The molecule has 12 unspecified atom stereocenters. The molecule has 8 aliphatic rings. The molecule has 3 heterocycles. The van der Waals surface area contributed by atoms with Gasteiger partial charge in [0.1, 0.15) is 25.4 Å². The zero-order valence-corrected chi connectivity index (χ0v) is 43.1. The summed E-state index contributed by atoms with van der Waals surface area (Å²) < 4.78 is 23.0. The number of amides is 3. The smallest absolute Gasteiger partial charge is 0.410 e. The Hall–Kier alpha value is -4.15. The number of rotatable bonds is 16. The van der Waals surface area contributed by atoms with Crippen molar-refractivity contribution < 1.29 is 42.9 Å². The van der Waals surface area contributed by atoms with Crippen LogP contribution in [0.1, 0.15) is 118 Å². The van der Waals surface area contributed by atoms with Gasteiger partial charge in [0.25, 0.3) is 0 Å². The van der Waals surface area contributed by atoms with Crippen LogP contribution in [0.3, 0.4) is 0 Å². The molecule has 9 rings (SSSR count). The molecule has 0 bridgehead atoms. The molecule has 12 atom stereocenters. The van der Waals surface area contributed by atoms with E-state index >= 15 is 0 Å². The van der Waals surface area contributed by atoms with E-state index in [0.717, 1.165) is 65.2 Å². The first-order chi connectivity index (χ1) is 32.9. The van der Waals surface area contributed by atoms with Crippen LogP contribution in [-0.4, -0.2) is 96.1 Å². The number of hydrogen-bond acceptors (Lipinski definition) is 13. The van der Waals surface area contributed by atoms with Crippen LogP contribution in [0.25, 0.3) is 0 Å². The first kappa shape index (κ1) is 49.8. The fourth-order valence-corrected chi connectivity index (χ4v) is 16.7. The predicted octanol–water partition coefficient (Wildman–Crippen LogP) is 9.27. The fourth-order valence-electron chi connectivity index (χ4n) is 14.8. The molecule has 3 aliphatic heterocycles. The van der Waals surface area contributed by atoms with E-state index in [-0.39, 0.29) is 66.0 Å². The second-order valence-corrected chi connectivity index (χ2v) is 24.7. The van der Waals surface area contributed by atoms with E-state index in [0.29, 0.717) is 17.7 Å². The summed E-state index contributed by atoms with van der Waals surface area (Å²) in [6, 6.07) is 6.78. The van der Waals surface area contributed by atoms with Gasteiger partial charge in [0.05, 0.1) is 23.4 Å². The Bertz CT molecular complexity index is 2320. The average molecular weight is 988 g/mol. The highest BCUT2D eigenvalue weighted by molar-refractivity contribution is 8.76. The third-order valence-corrected chi connectivity index (χ3v) is 20.7. The highest BCUT2D eigenvalue weighted by Gasteiger charge is 2.78. The Morgan fingerprint density at radius 2 is 1.74 bits per heavy atom. The van der Waals surface area contributed by atoms with Crippen molar-refractivity contribution in [3.63, 3.8) is 0 Å². The van der Waals surface area contributed by atoms with Gasteiger partial charge >= 0.3 is 18.3 Å². The fraction of sp³-hybridized carbons (Fsp3) is 0.679. The van der Waals surface area contributed by atoms with Crippen molar-refractivity contribution in [3.8, 4) is 0 Å². The van der Waals surface area contributed by atoms with Gasteiger partial charge in [0.15, 0.2) is 5.72 Å². The maximum Gasteiger partial charge on any atom is 0.410 e. The van der Waals surface area contributed by atoms with E-state index in [2.05, 4.69) is 46.0 Å². The van der Waals surface area contributed by atoms with Crippen molar-refractivity contribution in [2.75, 3.05) is 32.6 Å². The maximum absolute atomic E-state index is 13.5. The number of fused-ring (bicyclic) bond motifs is 9. The van der Waals surface area contributed by atoms with Crippen LogP contribution < -0.4 is 16.8 Å². The minimum absolute atomic E-state index is 0.0272. The Morgan fingerprint density at radius 3 is 2.46 bits per heavy atom. The van der Waals surface area contributed by atoms with Gasteiger partial charge in [0.2, 0.25) is 11.6 Å². The summed E-state index contributed by atoms with van der Waals surface area (Å²) in [4.78, 5) is 69.4. The number of methoxy groups -OCH3 is 1. The molecule has 3 amide bonds. The summed E-state index contributed by atoms with van der Waals surface area (Å²) in [6.07, 6.45) is 14.2. The van der Waals surface area contributed by atoms with E-state index in [1.165, 1.54) is 75.9 Å². The third kappa shape index (κ3) is 8.77. The number of nitrogens with two attached hydrogens (primary N) is 2. The normalized spacial score (nSPS) is 34.6. The summed E-state index contributed by atoms with van der Waals surface area (Å²) in [5.41, 5.74) is 13.2. The minimum atomic E-state index is -1.37. The minimum Gasteiger partial charge on any atom is -0.449 e. The number of Topliss-reactive ketones (excluding diaryl/α,β-unsaturated/α-hetero) is 2. The maximum atomic E-state index is 13.5. The Labute approximate surface area is 415 Å². The molecule has 14 nitrogen and oxygen atoms in total. The summed E-state index contributed by atoms with van der Waals surface area (Å²) in [6.45, 7) is 14.3. The van der Waals surface area contributed by atoms with Crippen LogP contribution in [0.2, 0.25) is 0 Å². The van der Waals surface area contributed by atoms with E-state index < -0.39 is 41.4 Å². The van der Waals surface area contributed by atoms with Crippen LogP contribution in [0.15, 0.2) is 63.4 Å². The number of benzene rings is 1. The zero-order chi connectivity index (χ0) is 49.2. The van der Waals surface area contributed by atoms with Crippen LogP contribution in [0, 0.1) is 52.3 Å². The van der Waals surface area contributed by atoms with E-state index in [4.69, 9.17) is 30.4 Å². The number of piperazine rings is 1. The number of carbonyl (C=O) groups is 5. The molecule has 5 fully saturated rings. The molecule has 2 saturated heterocycles. The molecule has 0 spiro atoms. The van der Waals surface area contributed by atoms with Crippen LogP contribution in [0.5, 0.6) is 0 Å². The first-order valence-corrected chi connectivity index (χ1v) is 27.8. The van der Waals surface area contributed by atoms with Crippen molar-refractivity contribution >= 4 is 51.4 Å². The van der Waals surface area contributed by atoms with Gasteiger partial charge < -0.3 is 40.6 Å². The second-order valence-electron chi connectivity index (χ2n) is 22.2. The van der Waals surface area contributed by atoms with Gasteiger partial charge in [-0.1, -0.05) is 99.3 Å². The van der Waals surface area contributed by atoms with Gasteiger partial charge in [0, 0.05) is 48.4 Å². The average Bonchev–Trinajstić information content (AvgIpc) is 3.60. The number of nitrogens with zero attached hydrogens (tertiary/aromatic N) is 2. The van der Waals surface area contributed by atoms with Gasteiger partial charge in [-0.15, -0.1) is 0 Å². The topological polar surface area (TPSA) is 193 Å². The molecule has 376 valence electrons. The zero-order valence-electron chi connectivity index (χ0n) is 41.5. The molecule has 1 aromatic carbocycles. The Balaban J connectivity index is 0.695. The lowest BCUT2D eigenvalue weighted by Gasteiger charge is -2.58. The van der Waals surface area contributed by atoms with Crippen molar-refractivity contribution in [1.29, 1.82) is 0 Å². The number of carbonyl (C=O) groups excluding carboxylic acids is 5. The summed E-state index contributed by atoms with van der Waals surface area (Å²) in [7, 11) is 4.68. The Kier molecular flexibility index (Phi) is 14.0. The number of primary amides is 1. The van der Waals surface area contributed by atoms with Gasteiger partial charge in [-0.05, 0) is 116 Å². The summed E-state index contributed by atoms with van der Waals surface area (Å²) in [5.74, 6) is 3.66. The second kappa shape index (κ2) is 19.5. The highest BCUT2D eigenvalue weighted by Crippen LogP contribution is 2.67. The van der Waals surface area contributed by atoms with Gasteiger partial charge in [-0.2, -0.15) is 0 Å². The monoisotopic (exact) mass is 987 g/mol. The molecule has 5 aliphatic carbocycles. The van der Waals surface area contributed by atoms with E-state index in [1.54, 1.807) is 26.5 Å². The number of alkyl carbamates (subject to hydrolysis) is 1. The van der Waals surface area contributed by atoms with Gasteiger partial charge in [-0.3, -0.25) is 14.5 Å². The molecule has 3 saturated carbocycles.